The van der Waals surface area contributed by atoms with Gasteiger partial charge in [0.15, 0.2) is 0 Å². The van der Waals surface area contributed by atoms with E-state index in [0.717, 1.165) is 0 Å². The maximum absolute atomic E-state index is 5.77. The molecule has 0 radical (unpaired) electrons. The SMILES string of the molecule is CC(C)c1ccc(-c2ccccc2CN)cc1. The lowest BCUT2D eigenvalue weighted by molar-refractivity contribution is 0.867. The molecule has 88 valence electrons. The largest absolute Gasteiger partial charge is 0.326 e. The van der Waals surface area contributed by atoms with E-state index in [1.807, 2.05) is 6.07 Å². The molecule has 2 aromatic rings. The Labute approximate surface area is 103 Å². The Morgan fingerprint density at radius 2 is 1.59 bits per heavy atom. The average molecular weight is 225 g/mol. The van der Waals surface area contributed by atoms with Crippen LogP contribution in [0, 0.1) is 0 Å². The van der Waals surface area contributed by atoms with Crippen molar-refractivity contribution in [3.05, 3.63) is 59.7 Å². The summed E-state index contributed by atoms with van der Waals surface area (Å²) in [5, 5.41) is 0. The van der Waals surface area contributed by atoms with E-state index < -0.39 is 0 Å². The molecule has 17 heavy (non-hydrogen) atoms. The van der Waals surface area contributed by atoms with Crippen LogP contribution in [0.25, 0.3) is 11.1 Å². The first-order valence-corrected chi connectivity index (χ1v) is 6.10. The first-order chi connectivity index (χ1) is 8.22. The molecule has 0 amide bonds. The number of hydrogen-bond acceptors (Lipinski definition) is 1. The number of hydrogen-bond donors (Lipinski definition) is 1. The lowest BCUT2D eigenvalue weighted by Crippen LogP contribution is -1.98. The second-order valence-electron chi connectivity index (χ2n) is 4.64. The third kappa shape index (κ3) is 2.56. The smallest absolute Gasteiger partial charge is 0.0184 e. The highest BCUT2D eigenvalue weighted by Crippen LogP contribution is 2.25. The van der Waals surface area contributed by atoms with Crippen molar-refractivity contribution in [2.45, 2.75) is 26.3 Å². The van der Waals surface area contributed by atoms with Crippen LogP contribution in [0.5, 0.6) is 0 Å². The van der Waals surface area contributed by atoms with E-state index in [9.17, 15) is 0 Å². The summed E-state index contributed by atoms with van der Waals surface area (Å²) in [5.74, 6) is 0.578. The first-order valence-electron chi connectivity index (χ1n) is 6.10. The summed E-state index contributed by atoms with van der Waals surface area (Å²) in [6.07, 6.45) is 0. The van der Waals surface area contributed by atoms with Gasteiger partial charge in [0, 0.05) is 6.54 Å². The zero-order valence-electron chi connectivity index (χ0n) is 10.5. The van der Waals surface area contributed by atoms with E-state index in [2.05, 4.69) is 56.3 Å². The van der Waals surface area contributed by atoms with Crippen molar-refractivity contribution in [2.24, 2.45) is 5.73 Å². The van der Waals surface area contributed by atoms with Gasteiger partial charge < -0.3 is 5.73 Å². The quantitative estimate of drug-likeness (QED) is 0.841. The Kier molecular flexibility index (Phi) is 3.60. The summed E-state index contributed by atoms with van der Waals surface area (Å²) in [5.41, 5.74) is 10.8. The summed E-state index contributed by atoms with van der Waals surface area (Å²) in [4.78, 5) is 0. The maximum Gasteiger partial charge on any atom is 0.0184 e. The van der Waals surface area contributed by atoms with Crippen molar-refractivity contribution in [3.63, 3.8) is 0 Å². The topological polar surface area (TPSA) is 26.0 Å². The molecule has 0 unspecified atom stereocenters. The molecule has 0 spiro atoms. The number of rotatable bonds is 3. The van der Waals surface area contributed by atoms with Crippen LogP contribution < -0.4 is 5.73 Å². The summed E-state index contributed by atoms with van der Waals surface area (Å²) in [6, 6.07) is 17.1. The van der Waals surface area contributed by atoms with Crippen LogP contribution in [0.1, 0.15) is 30.9 Å². The van der Waals surface area contributed by atoms with Gasteiger partial charge in [0.05, 0.1) is 0 Å². The molecule has 0 atom stereocenters. The maximum atomic E-state index is 5.77. The van der Waals surface area contributed by atoms with Crippen LogP contribution in [0.4, 0.5) is 0 Å². The Morgan fingerprint density at radius 3 is 2.18 bits per heavy atom. The monoisotopic (exact) mass is 225 g/mol. The average Bonchev–Trinajstić information content (AvgIpc) is 2.39. The van der Waals surface area contributed by atoms with Crippen molar-refractivity contribution in [1.29, 1.82) is 0 Å². The molecule has 0 fully saturated rings. The van der Waals surface area contributed by atoms with Gasteiger partial charge in [-0.1, -0.05) is 62.4 Å². The van der Waals surface area contributed by atoms with Gasteiger partial charge in [0.25, 0.3) is 0 Å². The summed E-state index contributed by atoms with van der Waals surface area (Å²) in [6.45, 7) is 5.01. The van der Waals surface area contributed by atoms with Gasteiger partial charge in [-0.3, -0.25) is 0 Å². The van der Waals surface area contributed by atoms with Gasteiger partial charge in [0.1, 0.15) is 0 Å². The van der Waals surface area contributed by atoms with Gasteiger partial charge >= 0.3 is 0 Å². The van der Waals surface area contributed by atoms with Crippen LogP contribution in [0.2, 0.25) is 0 Å². The summed E-state index contributed by atoms with van der Waals surface area (Å²) in [7, 11) is 0. The fraction of sp³-hybridized carbons (Fsp3) is 0.250. The Bertz CT molecular complexity index is 483. The molecule has 2 rings (SSSR count). The molecule has 0 aliphatic carbocycles. The molecule has 0 aromatic heterocycles. The van der Waals surface area contributed by atoms with Crippen LogP contribution >= 0.6 is 0 Å². The van der Waals surface area contributed by atoms with Crippen molar-refractivity contribution >= 4 is 0 Å². The molecule has 1 nitrogen and oxygen atoms in total. The highest BCUT2D eigenvalue weighted by molar-refractivity contribution is 5.67. The summed E-state index contributed by atoms with van der Waals surface area (Å²) < 4.78 is 0. The molecule has 0 aliphatic rings. The Balaban J connectivity index is 2.40. The van der Waals surface area contributed by atoms with E-state index in [0.29, 0.717) is 12.5 Å². The lowest BCUT2D eigenvalue weighted by Gasteiger charge is -2.10. The van der Waals surface area contributed by atoms with Crippen LogP contribution in [-0.2, 0) is 6.54 Å². The molecule has 0 bridgehead atoms. The van der Waals surface area contributed by atoms with Gasteiger partial charge in [-0.25, -0.2) is 0 Å². The normalized spacial score (nSPS) is 10.8. The fourth-order valence-corrected chi connectivity index (χ4v) is 2.03. The molecule has 2 N–H and O–H groups in total. The Hall–Kier alpha value is -1.60. The number of benzene rings is 2. The van der Waals surface area contributed by atoms with E-state index in [4.69, 9.17) is 5.73 Å². The van der Waals surface area contributed by atoms with Crippen LogP contribution in [-0.4, -0.2) is 0 Å². The Morgan fingerprint density at radius 1 is 0.941 bits per heavy atom. The highest BCUT2D eigenvalue weighted by atomic mass is 14.5. The minimum absolute atomic E-state index is 0.578. The van der Waals surface area contributed by atoms with Crippen LogP contribution in [0.15, 0.2) is 48.5 Å². The van der Waals surface area contributed by atoms with Gasteiger partial charge in [-0.05, 0) is 28.2 Å². The zero-order valence-corrected chi connectivity index (χ0v) is 10.5. The predicted octanol–water partition coefficient (Wildman–Crippen LogP) is 3.94. The minimum Gasteiger partial charge on any atom is -0.326 e. The first kappa shape index (κ1) is 11.9. The molecule has 1 heteroatoms. The predicted molar refractivity (Wildman–Crippen MR) is 73.9 cm³/mol. The van der Waals surface area contributed by atoms with E-state index in [-0.39, 0.29) is 0 Å². The van der Waals surface area contributed by atoms with E-state index in [1.165, 1.54) is 22.3 Å². The van der Waals surface area contributed by atoms with E-state index in [1.54, 1.807) is 0 Å². The standard InChI is InChI=1S/C16H19N/c1-12(2)13-7-9-14(10-8-13)16-6-4-3-5-15(16)11-17/h3-10,12H,11,17H2,1-2H3. The minimum atomic E-state index is 0.578. The molecule has 2 aromatic carbocycles. The molecule has 0 heterocycles. The van der Waals surface area contributed by atoms with Gasteiger partial charge in [0.2, 0.25) is 0 Å². The summed E-state index contributed by atoms with van der Waals surface area (Å²) >= 11 is 0. The number of nitrogens with two attached hydrogens (primary N) is 1. The molecular weight excluding hydrogens is 206 g/mol. The fourth-order valence-electron chi connectivity index (χ4n) is 2.03. The van der Waals surface area contributed by atoms with Crippen molar-refractivity contribution in [1.82, 2.24) is 0 Å². The third-order valence-electron chi connectivity index (χ3n) is 3.13. The van der Waals surface area contributed by atoms with Crippen molar-refractivity contribution in [3.8, 4) is 11.1 Å². The van der Waals surface area contributed by atoms with Crippen LogP contribution in [0.3, 0.4) is 0 Å². The second-order valence-corrected chi connectivity index (χ2v) is 4.64. The van der Waals surface area contributed by atoms with Gasteiger partial charge in [-0.2, -0.15) is 0 Å². The van der Waals surface area contributed by atoms with E-state index >= 15 is 0 Å². The molecule has 0 aliphatic heterocycles. The highest BCUT2D eigenvalue weighted by Gasteiger charge is 2.04. The molecule has 0 saturated carbocycles. The molecular formula is C16H19N. The van der Waals surface area contributed by atoms with Crippen molar-refractivity contribution < 1.29 is 0 Å². The zero-order chi connectivity index (χ0) is 12.3. The third-order valence-corrected chi connectivity index (χ3v) is 3.13. The lowest BCUT2D eigenvalue weighted by atomic mass is 9.96. The van der Waals surface area contributed by atoms with Gasteiger partial charge in [-0.15, -0.1) is 0 Å². The molecule has 0 saturated heterocycles. The second kappa shape index (κ2) is 5.15. The van der Waals surface area contributed by atoms with Crippen molar-refractivity contribution in [2.75, 3.05) is 0 Å².